The Morgan fingerprint density at radius 2 is 2.16 bits per heavy atom. The fraction of sp³-hybridized carbons (Fsp3) is 0.762. The Bertz CT molecular complexity index is 498. The van der Waals surface area contributed by atoms with Crippen molar-refractivity contribution >= 4 is 5.97 Å². The molecule has 4 nitrogen and oxygen atoms in total. The van der Waals surface area contributed by atoms with E-state index >= 15 is 0 Å². The maximum absolute atomic E-state index is 11.5. The first-order valence-electron chi connectivity index (χ1n) is 9.69. The molecule has 25 heavy (non-hydrogen) atoms. The SMILES string of the molecule is C=C(C)[C@@H]1CC=C(CN2CC[C@@H](N(C)C)[C@@H](CCC(=O)OC)C2)CC1. The molecule has 0 aromatic heterocycles. The molecule has 0 radical (unpaired) electrons. The average molecular weight is 349 g/mol. The number of nitrogens with zero attached hydrogens (tertiary/aromatic N) is 2. The van der Waals surface area contributed by atoms with E-state index < -0.39 is 0 Å². The fourth-order valence-corrected chi connectivity index (χ4v) is 4.37. The van der Waals surface area contributed by atoms with Crippen LogP contribution in [0.2, 0.25) is 0 Å². The maximum atomic E-state index is 11.5. The zero-order valence-electron chi connectivity index (χ0n) is 16.6. The highest BCUT2D eigenvalue weighted by molar-refractivity contribution is 5.69. The van der Waals surface area contributed by atoms with E-state index in [1.807, 2.05) is 0 Å². The van der Waals surface area contributed by atoms with Crippen molar-refractivity contribution in [2.24, 2.45) is 11.8 Å². The molecule has 2 rings (SSSR count). The van der Waals surface area contributed by atoms with E-state index in [0.29, 0.717) is 24.3 Å². The number of carbonyl (C=O) groups is 1. The lowest BCUT2D eigenvalue weighted by atomic mass is 9.84. The predicted octanol–water partition coefficient (Wildman–Crippen LogP) is 3.49. The lowest BCUT2D eigenvalue weighted by molar-refractivity contribution is -0.141. The van der Waals surface area contributed by atoms with Crippen LogP contribution in [0.3, 0.4) is 0 Å². The van der Waals surface area contributed by atoms with Crippen molar-refractivity contribution in [2.45, 2.75) is 51.5 Å². The van der Waals surface area contributed by atoms with Crippen LogP contribution in [0.25, 0.3) is 0 Å². The summed E-state index contributed by atoms with van der Waals surface area (Å²) in [6.07, 6.45) is 8.69. The van der Waals surface area contributed by atoms with Gasteiger partial charge in [-0.1, -0.05) is 23.8 Å². The minimum Gasteiger partial charge on any atom is -0.469 e. The third-order valence-electron chi connectivity index (χ3n) is 6.02. The molecular weight excluding hydrogens is 312 g/mol. The summed E-state index contributed by atoms with van der Waals surface area (Å²) in [5, 5.41) is 0. The van der Waals surface area contributed by atoms with Gasteiger partial charge in [-0.15, -0.1) is 0 Å². The van der Waals surface area contributed by atoms with Gasteiger partial charge >= 0.3 is 5.97 Å². The van der Waals surface area contributed by atoms with Gasteiger partial charge in [0.05, 0.1) is 7.11 Å². The molecular formula is C21H36N2O2. The Morgan fingerprint density at radius 1 is 1.40 bits per heavy atom. The lowest BCUT2D eigenvalue weighted by Crippen LogP contribution is -2.49. The van der Waals surface area contributed by atoms with Crippen molar-refractivity contribution in [2.75, 3.05) is 40.8 Å². The van der Waals surface area contributed by atoms with Gasteiger partial charge < -0.3 is 9.64 Å². The summed E-state index contributed by atoms with van der Waals surface area (Å²) in [6, 6.07) is 0.564. The molecule has 1 heterocycles. The molecule has 142 valence electrons. The second-order valence-corrected chi connectivity index (χ2v) is 8.11. The van der Waals surface area contributed by atoms with Gasteiger partial charge in [-0.05, 0) is 71.5 Å². The number of ether oxygens (including phenoxy) is 1. The second kappa shape index (κ2) is 9.54. The molecule has 0 saturated carbocycles. The summed E-state index contributed by atoms with van der Waals surface area (Å²) in [5.74, 6) is 1.13. The van der Waals surface area contributed by atoms with E-state index in [4.69, 9.17) is 4.74 Å². The largest absolute Gasteiger partial charge is 0.469 e. The van der Waals surface area contributed by atoms with Crippen molar-refractivity contribution in [1.82, 2.24) is 9.80 Å². The number of hydrogen-bond acceptors (Lipinski definition) is 4. The van der Waals surface area contributed by atoms with Gasteiger partial charge in [0, 0.05) is 25.6 Å². The van der Waals surface area contributed by atoms with E-state index in [1.54, 1.807) is 5.57 Å². The highest BCUT2D eigenvalue weighted by Gasteiger charge is 2.31. The molecule has 1 fully saturated rings. The number of methoxy groups -OCH3 is 1. The molecule has 0 unspecified atom stereocenters. The summed E-state index contributed by atoms with van der Waals surface area (Å²) in [6.45, 7) is 9.60. The molecule has 1 aliphatic heterocycles. The van der Waals surface area contributed by atoms with E-state index in [2.05, 4.69) is 43.5 Å². The average Bonchev–Trinajstić information content (AvgIpc) is 2.60. The molecule has 1 aliphatic carbocycles. The van der Waals surface area contributed by atoms with Crippen molar-refractivity contribution in [3.8, 4) is 0 Å². The minimum absolute atomic E-state index is 0.0875. The maximum Gasteiger partial charge on any atom is 0.305 e. The summed E-state index contributed by atoms with van der Waals surface area (Å²) in [4.78, 5) is 16.5. The molecule has 3 atom stereocenters. The highest BCUT2D eigenvalue weighted by atomic mass is 16.5. The molecule has 0 amide bonds. The molecule has 0 N–H and O–H groups in total. The van der Waals surface area contributed by atoms with Gasteiger partial charge in [0.1, 0.15) is 0 Å². The predicted molar refractivity (Wildman–Crippen MR) is 104 cm³/mol. The van der Waals surface area contributed by atoms with Crippen molar-refractivity contribution in [1.29, 1.82) is 0 Å². The Kier molecular flexibility index (Phi) is 7.70. The summed E-state index contributed by atoms with van der Waals surface area (Å²) in [7, 11) is 5.80. The third kappa shape index (κ3) is 5.96. The van der Waals surface area contributed by atoms with Crippen LogP contribution in [-0.4, -0.2) is 62.7 Å². The van der Waals surface area contributed by atoms with E-state index in [0.717, 1.165) is 32.5 Å². The van der Waals surface area contributed by atoms with Crippen LogP contribution >= 0.6 is 0 Å². The van der Waals surface area contributed by atoms with Crippen molar-refractivity contribution in [3.63, 3.8) is 0 Å². The minimum atomic E-state index is -0.0875. The topological polar surface area (TPSA) is 32.8 Å². The van der Waals surface area contributed by atoms with Crippen LogP contribution in [0.5, 0.6) is 0 Å². The smallest absolute Gasteiger partial charge is 0.305 e. The first-order chi connectivity index (χ1) is 11.9. The van der Waals surface area contributed by atoms with Gasteiger partial charge in [0.25, 0.3) is 0 Å². The molecule has 0 aromatic carbocycles. The first-order valence-corrected chi connectivity index (χ1v) is 9.69. The van der Waals surface area contributed by atoms with Crippen LogP contribution < -0.4 is 0 Å². The van der Waals surface area contributed by atoms with Crippen LogP contribution in [0.1, 0.15) is 45.4 Å². The molecule has 0 bridgehead atoms. The first kappa shape index (κ1) is 20.2. The van der Waals surface area contributed by atoms with Gasteiger partial charge in [-0.3, -0.25) is 9.69 Å². The molecule has 0 spiro atoms. The zero-order chi connectivity index (χ0) is 18.4. The number of hydrogen-bond donors (Lipinski definition) is 0. The summed E-state index contributed by atoms with van der Waals surface area (Å²) < 4.78 is 4.83. The van der Waals surface area contributed by atoms with E-state index in [1.165, 1.54) is 31.9 Å². The van der Waals surface area contributed by atoms with Crippen molar-refractivity contribution < 1.29 is 9.53 Å². The van der Waals surface area contributed by atoms with Crippen molar-refractivity contribution in [3.05, 3.63) is 23.8 Å². The lowest BCUT2D eigenvalue weighted by Gasteiger charge is -2.42. The monoisotopic (exact) mass is 348 g/mol. The third-order valence-corrected chi connectivity index (χ3v) is 6.02. The van der Waals surface area contributed by atoms with Crippen LogP contribution in [-0.2, 0) is 9.53 Å². The molecule has 2 aliphatic rings. The standard InChI is InChI=1S/C21H36N2O2/c1-16(2)18-8-6-17(7-9-18)14-23-13-12-20(22(3)4)19(15-23)10-11-21(24)25-5/h6,18-20H,1,7-15H2,2-5H3/t18-,19+,20-/m1/s1. The Balaban J connectivity index is 1.90. The van der Waals surface area contributed by atoms with E-state index in [9.17, 15) is 4.79 Å². The number of allylic oxidation sites excluding steroid dienone is 2. The van der Waals surface area contributed by atoms with Gasteiger partial charge in [0.15, 0.2) is 0 Å². The second-order valence-electron chi connectivity index (χ2n) is 8.11. The Morgan fingerprint density at radius 3 is 2.72 bits per heavy atom. The van der Waals surface area contributed by atoms with Crippen LogP contribution in [0, 0.1) is 11.8 Å². The zero-order valence-corrected chi connectivity index (χ0v) is 16.6. The van der Waals surface area contributed by atoms with Gasteiger partial charge in [0.2, 0.25) is 0 Å². The Hall–Kier alpha value is -1.13. The number of esters is 1. The molecule has 0 aromatic rings. The normalized spacial score (nSPS) is 27.9. The number of rotatable bonds is 7. The summed E-state index contributed by atoms with van der Waals surface area (Å²) >= 11 is 0. The molecule has 1 saturated heterocycles. The van der Waals surface area contributed by atoms with E-state index in [-0.39, 0.29) is 5.97 Å². The van der Waals surface area contributed by atoms with Crippen LogP contribution in [0.4, 0.5) is 0 Å². The van der Waals surface area contributed by atoms with Gasteiger partial charge in [-0.25, -0.2) is 0 Å². The number of likely N-dealkylation sites (tertiary alicyclic amines) is 1. The number of carbonyl (C=O) groups excluding carboxylic acids is 1. The van der Waals surface area contributed by atoms with Crippen LogP contribution in [0.15, 0.2) is 23.8 Å². The quantitative estimate of drug-likeness (QED) is 0.521. The highest BCUT2D eigenvalue weighted by Crippen LogP contribution is 2.30. The van der Waals surface area contributed by atoms with Gasteiger partial charge in [-0.2, -0.15) is 0 Å². The molecule has 4 heteroatoms. The Labute approximate surface area is 153 Å². The summed E-state index contributed by atoms with van der Waals surface area (Å²) in [5.41, 5.74) is 2.91. The number of piperidine rings is 1. The fourth-order valence-electron chi connectivity index (χ4n) is 4.37.